The summed E-state index contributed by atoms with van der Waals surface area (Å²) in [7, 11) is 0. The molecule has 2 aromatic rings. The van der Waals surface area contributed by atoms with Crippen LogP contribution in [0.1, 0.15) is 38.9 Å². The number of nitro benzene ring substituents is 1. The number of anilines is 1. The van der Waals surface area contributed by atoms with E-state index >= 15 is 0 Å². The maximum absolute atomic E-state index is 12.6. The Labute approximate surface area is 131 Å². The minimum Gasteiger partial charge on any atom is -0.268 e. The van der Waals surface area contributed by atoms with E-state index in [9.17, 15) is 19.7 Å². The largest absolute Gasteiger partial charge is 0.293 e. The van der Waals surface area contributed by atoms with Gasteiger partial charge in [0.15, 0.2) is 0 Å². The maximum atomic E-state index is 12.6. The first-order valence-electron chi connectivity index (χ1n) is 7.06. The van der Waals surface area contributed by atoms with Gasteiger partial charge < -0.3 is 0 Å². The average molecular weight is 311 g/mol. The number of amides is 2. The molecule has 7 nitrogen and oxygen atoms in total. The highest BCUT2D eigenvalue weighted by Crippen LogP contribution is 2.34. The second-order valence-electron chi connectivity index (χ2n) is 5.29. The molecule has 1 aliphatic heterocycles. The van der Waals surface area contributed by atoms with Crippen molar-refractivity contribution in [2.45, 2.75) is 20.3 Å². The van der Waals surface area contributed by atoms with Gasteiger partial charge >= 0.3 is 0 Å². The van der Waals surface area contributed by atoms with E-state index in [0.29, 0.717) is 12.0 Å². The number of aryl methyl sites for hydroxylation is 2. The van der Waals surface area contributed by atoms with Gasteiger partial charge in [0.05, 0.1) is 10.5 Å². The van der Waals surface area contributed by atoms with E-state index < -0.39 is 16.7 Å². The molecule has 23 heavy (non-hydrogen) atoms. The monoisotopic (exact) mass is 311 g/mol. The molecule has 2 amide bonds. The van der Waals surface area contributed by atoms with Crippen LogP contribution in [-0.2, 0) is 6.42 Å². The number of nitrogens with zero attached hydrogens (tertiary/aromatic N) is 3. The fraction of sp³-hybridized carbons (Fsp3) is 0.188. The van der Waals surface area contributed by atoms with Crippen molar-refractivity contribution in [3.05, 3.63) is 63.0 Å². The first kappa shape index (κ1) is 14.8. The molecule has 1 aromatic heterocycles. The van der Waals surface area contributed by atoms with Crippen molar-refractivity contribution in [2.75, 3.05) is 4.90 Å². The lowest BCUT2D eigenvalue weighted by molar-refractivity contribution is -0.384. The molecule has 3 rings (SSSR count). The zero-order valence-electron chi connectivity index (χ0n) is 12.6. The number of carbonyl (C=O) groups excluding carboxylic acids is 2. The average Bonchev–Trinajstić information content (AvgIpc) is 2.78. The Hall–Kier alpha value is -3.09. The molecule has 0 fully saturated rings. The predicted octanol–water partition coefficient (Wildman–Crippen LogP) is 2.66. The molecule has 0 N–H and O–H groups in total. The fourth-order valence-electron chi connectivity index (χ4n) is 2.54. The molecular formula is C16H13N3O4. The predicted molar refractivity (Wildman–Crippen MR) is 82.6 cm³/mol. The zero-order valence-corrected chi connectivity index (χ0v) is 12.6. The third-order valence-corrected chi connectivity index (χ3v) is 3.76. The van der Waals surface area contributed by atoms with E-state index in [1.165, 1.54) is 18.3 Å². The first-order chi connectivity index (χ1) is 10.9. The van der Waals surface area contributed by atoms with Crippen molar-refractivity contribution in [1.29, 1.82) is 0 Å². The normalized spacial score (nSPS) is 13.4. The number of hydrogen-bond acceptors (Lipinski definition) is 5. The lowest BCUT2D eigenvalue weighted by Crippen LogP contribution is -2.30. The van der Waals surface area contributed by atoms with Crippen LogP contribution < -0.4 is 4.90 Å². The minimum absolute atomic E-state index is 0.0297. The second kappa shape index (κ2) is 5.28. The first-order valence-corrected chi connectivity index (χ1v) is 7.06. The molecule has 1 aliphatic rings. The highest BCUT2D eigenvalue weighted by molar-refractivity contribution is 6.34. The second-order valence-corrected chi connectivity index (χ2v) is 5.29. The number of benzene rings is 1. The molecule has 7 heteroatoms. The van der Waals surface area contributed by atoms with Gasteiger partial charge in [-0.3, -0.25) is 19.7 Å². The molecule has 0 atom stereocenters. The van der Waals surface area contributed by atoms with Crippen molar-refractivity contribution >= 4 is 23.2 Å². The quantitative estimate of drug-likeness (QED) is 0.493. The summed E-state index contributed by atoms with van der Waals surface area (Å²) < 4.78 is 0. The Balaban J connectivity index is 2.15. The number of imide groups is 1. The van der Waals surface area contributed by atoms with Gasteiger partial charge in [0, 0.05) is 12.3 Å². The van der Waals surface area contributed by atoms with E-state index in [1.807, 2.05) is 6.92 Å². The van der Waals surface area contributed by atoms with Gasteiger partial charge in [0.2, 0.25) is 0 Å². The summed E-state index contributed by atoms with van der Waals surface area (Å²) in [6.45, 7) is 3.61. The van der Waals surface area contributed by atoms with Crippen LogP contribution in [0.25, 0.3) is 0 Å². The molecule has 0 bridgehead atoms. The third-order valence-electron chi connectivity index (χ3n) is 3.76. The van der Waals surface area contributed by atoms with Crippen LogP contribution in [0.15, 0.2) is 30.5 Å². The molecular weight excluding hydrogens is 298 g/mol. The van der Waals surface area contributed by atoms with E-state index in [4.69, 9.17) is 0 Å². The molecule has 0 saturated carbocycles. The number of rotatable bonds is 3. The van der Waals surface area contributed by atoms with Gasteiger partial charge in [-0.15, -0.1) is 0 Å². The van der Waals surface area contributed by atoms with Crippen molar-refractivity contribution in [3.8, 4) is 0 Å². The van der Waals surface area contributed by atoms with Crippen LogP contribution in [0, 0.1) is 17.0 Å². The standard InChI is InChI=1S/C16H13N3O4/c1-3-10-7-11-14(17-8-10)16(21)18(15(11)20)12-5-4-9(2)6-13(12)19(22)23/h4-8H,3H2,1-2H3. The lowest BCUT2D eigenvalue weighted by Gasteiger charge is -2.13. The van der Waals surface area contributed by atoms with Crippen LogP contribution in [0.4, 0.5) is 11.4 Å². The molecule has 116 valence electrons. The van der Waals surface area contributed by atoms with Crippen molar-refractivity contribution in [1.82, 2.24) is 4.98 Å². The maximum Gasteiger partial charge on any atom is 0.293 e. The molecule has 0 spiro atoms. The zero-order chi connectivity index (χ0) is 16.7. The van der Waals surface area contributed by atoms with Gasteiger partial charge in [-0.2, -0.15) is 0 Å². The molecule has 0 aliphatic carbocycles. The number of nitro groups is 1. The number of aromatic nitrogens is 1. The van der Waals surface area contributed by atoms with Crippen LogP contribution in [-0.4, -0.2) is 21.7 Å². The van der Waals surface area contributed by atoms with Gasteiger partial charge in [-0.1, -0.05) is 13.0 Å². The van der Waals surface area contributed by atoms with Gasteiger partial charge in [-0.25, -0.2) is 9.88 Å². The number of pyridine rings is 1. The Morgan fingerprint density at radius 1 is 1.22 bits per heavy atom. The third kappa shape index (κ3) is 2.26. The summed E-state index contributed by atoms with van der Waals surface area (Å²) in [5.74, 6) is -1.22. The molecule has 0 unspecified atom stereocenters. The summed E-state index contributed by atoms with van der Waals surface area (Å²) in [6.07, 6.45) is 2.21. The van der Waals surface area contributed by atoms with Gasteiger partial charge in [0.1, 0.15) is 11.4 Å². The SMILES string of the molecule is CCc1cnc2c(c1)C(=O)N(c1ccc(C)cc1[N+](=O)[O-])C2=O. The smallest absolute Gasteiger partial charge is 0.268 e. The molecule has 2 heterocycles. The van der Waals surface area contributed by atoms with Crippen molar-refractivity contribution < 1.29 is 14.5 Å². The molecule has 1 aromatic carbocycles. The van der Waals surface area contributed by atoms with Crippen molar-refractivity contribution in [2.24, 2.45) is 0 Å². The van der Waals surface area contributed by atoms with Gasteiger partial charge in [0.25, 0.3) is 17.5 Å². The minimum atomic E-state index is -0.639. The molecule has 0 saturated heterocycles. The summed E-state index contributed by atoms with van der Waals surface area (Å²) in [6, 6.07) is 5.99. The number of hydrogen-bond donors (Lipinski definition) is 0. The van der Waals surface area contributed by atoms with Crippen molar-refractivity contribution in [3.63, 3.8) is 0 Å². The highest BCUT2D eigenvalue weighted by Gasteiger charge is 2.41. The fourth-order valence-corrected chi connectivity index (χ4v) is 2.54. The number of fused-ring (bicyclic) bond motifs is 1. The topological polar surface area (TPSA) is 93.4 Å². The Kier molecular flexibility index (Phi) is 3.40. The van der Waals surface area contributed by atoms with Gasteiger partial charge in [-0.05, 0) is 36.6 Å². The highest BCUT2D eigenvalue weighted by atomic mass is 16.6. The Morgan fingerprint density at radius 2 is 1.96 bits per heavy atom. The van der Waals surface area contributed by atoms with E-state index in [1.54, 1.807) is 19.1 Å². The van der Waals surface area contributed by atoms with Crippen LogP contribution in [0.2, 0.25) is 0 Å². The van der Waals surface area contributed by atoms with Crippen LogP contribution >= 0.6 is 0 Å². The summed E-state index contributed by atoms with van der Waals surface area (Å²) in [4.78, 5) is 40.6. The molecule has 0 radical (unpaired) electrons. The summed E-state index contributed by atoms with van der Waals surface area (Å²) in [5.41, 5.74) is 1.39. The Bertz CT molecular complexity index is 860. The van der Waals surface area contributed by atoms with E-state index in [0.717, 1.165) is 10.5 Å². The summed E-state index contributed by atoms with van der Waals surface area (Å²) >= 11 is 0. The van der Waals surface area contributed by atoms with E-state index in [2.05, 4.69) is 4.98 Å². The van der Waals surface area contributed by atoms with E-state index in [-0.39, 0.29) is 22.6 Å². The van der Waals surface area contributed by atoms with Crippen LogP contribution in [0.3, 0.4) is 0 Å². The Morgan fingerprint density at radius 3 is 2.61 bits per heavy atom. The van der Waals surface area contributed by atoms with Crippen LogP contribution in [0.5, 0.6) is 0 Å². The number of carbonyl (C=O) groups is 2. The summed E-state index contributed by atoms with van der Waals surface area (Å²) in [5, 5.41) is 11.3. The lowest BCUT2D eigenvalue weighted by atomic mass is 10.1.